The highest BCUT2D eigenvalue weighted by Gasteiger charge is 2.12. The van der Waals surface area contributed by atoms with E-state index in [0.717, 1.165) is 12.8 Å². The molecule has 16 heavy (non-hydrogen) atoms. The van der Waals surface area contributed by atoms with Crippen molar-refractivity contribution >= 4 is 5.91 Å². The molecule has 0 aromatic carbocycles. The van der Waals surface area contributed by atoms with Crippen LogP contribution in [0.3, 0.4) is 0 Å². The molecule has 1 saturated carbocycles. The van der Waals surface area contributed by atoms with Gasteiger partial charge in [-0.05, 0) is 32.6 Å². The Labute approximate surface area is 97.7 Å². The average Bonchev–Trinajstić information content (AvgIpc) is 2.30. The zero-order chi connectivity index (χ0) is 12.0. The first-order valence-electron chi connectivity index (χ1n) is 5.97. The standard InChI is InChI=1S/C13H20N2O/c1-11(9-14)10-15(2)13(16)8-12-6-4-3-5-7-12/h8,11H,3-7,10H2,1-2H3/t11-/m1/s1. The van der Waals surface area contributed by atoms with Crippen molar-refractivity contribution in [2.75, 3.05) is 13.6 Å². The van der Waals surface area contributed by atoms with Gasteiger partial charge in [0.1, 0.15) is 0 Å². The Morgan fingerprint density at radius 1 is 1.50 bits per heavy atom. The van der Waals surface area contributed by atoms with E-state index in [1.54, 1.807) is 18.0 Å². The molecular formula is C13H20N2O. The van der Waals surface area contributed by atoms with E-state index in [2.05, 4.69) is 6.07 Å². The van der Waals surface area contributed by atoms with Gasteiger partial charge in [-0.1, -0.05) is 12.0 Å². The Morgan fingerprint density at radius 2 is 2.12 bits per heavy atom. The van der Waals surface area contributed by atoms with Gasteiger partial charge in [-0.25, -0.2) is 0 Å². The van der Waals surface area contributed by atoms with Crippen molar-refractivity contribution in [1.82, 2.24) is 4.90 Å². The first-order chi connectivity index (χ1) is 7.63. The predicted molar refractivity (Wildman–Crippen MR) is 63.6 cm³/mol. The number of likely N-dealkylation sites (N-methyl/N-ethyl adjacent to an activating group) is 1. The first kappa shape index (κ1) is 12.8. The maximum Gasteiger partial charge on any atom is 0.246 e. The van der Waals surface area contributed by atoms with E-state index in [1.165, 1.54) is 24.8 Å². The van der Waals surface area contributed by atoms with Crippen LogP contribution >= 0.6 is 0 Å². The fourth-order valence-corrected chi connectivity index (χ4v) is 1.98. The van der Waals surface area contributed by atoms with Gasteiger partial charge in [-0.15, -0.1) is 0 Å². The van der Waals surface area contributed by atoms with E-state index in [1.807, 2.05) is 6.92 Å². The lowest BCUT2D eigenvalue weighted by Crippen LogP contribution is -2.29. The molecule has 0 aliphatic heterocycles. The van der Waals surface area contributed by atoms with E-state index in [4.69, 9.17) is 5.26 Å². The maximum absolute atomic E-state index is 11.8. The van der Waals surface area contributed by atoms with Crippen LogP contribution in [0, 0.1) is 17.2 Å². The summed E-state index contributed by atoms with van der Waals surface area (Å²) in [6, 6.07) is 2.14. The number of hydrogen-bond donors (Lipinski definition) is 0. The third-order valence-electron chi connectivity index (χ3n) is 2.97. The minimum atomic E-state index is -0.0984. The van der Waals surface area contributed by atoms with E-state index in [9.17, 15) is 4.79 Å². The van der Waals surface area contributed by atoms with Crippen LogP contribution < -0.4 is 0 Å². The minimum absolute atomic E-state index is 0.0407. The lowest BCUT2D eigenvalue weighted by Gasteiger charge is -2.18. The summed E-state index contributed by atoms with van der Waals surface area (Å²) in [5, 5.41) is 8.68. The van der Waals surface area contributed by atoms with Crippen molar-refractivity contribution in [3.05, 3.63) is 11.6 Å². The van der Waals surface area contributed by atoms with Crippen molar-refractivity contribution < 1.29 is 4.79 Å². The summed E-state index contributed by atoms with van der Waals surface area (Å²) in [5.74, 6) is -0.0577. The van der Waals surface area contributed by atoms with Crippen molar-refractivity contribution in [1.29, 1.82) is 5.26 Å². The van der Waals surface area contributed by atoms with Gasteiger partial charge in [0.05, 0.1) is 12.0 Å². The van der Waals surface area contributed by atoms with Crippen LogP contribution in [0.4, 0.5) is 0 Å². The normalized spacial score (nSPS) is 17.4. The summed E-state index contributed by atoms with van der Waals surface area (Å²) in [6.07, 6.45) is 7.59. The van der Waals surface area contributed by atoms with Crippen molar-refractivity contribution in [2.24, 2.45) is 5.92 Å². The maximum atomic E-state index is 11.8. The Kier molecular flexibility index (Phi) is 5.04. The van der Waals surface area contributed by atoms with Crippen molar-refractivity contribution in [2.45, 2.75) is 39.0 Å². The van der Waals surface area contributed by atoms with E-state index in [0.29, 0.717) is 6.54 Å². The molecule has 0 unspecified atom stereocenters. The molecule has 88 valence electrons. The fourth-order valence-electron chi connectivity index (χ4n) is 1.98. The summed E-state index contributed by atoms with van der Waals surface area (Å²) < 4.78 is 0. The van der Waals surface area contributed by atoms with Gasteiger partial charge >= 0.3 is 0 Å². The second-order valence-electron chi connectivity index (χ2n) is 4.61. The van der Waals surface area contributed by atoms with Crippen molar-refractivity contribution in [3.63, 3.8) is 0 Å². The van der Waals surface area contributed by atoms with Crippen LogP contribution in [0.1, 0.15) is 39.0 Å². The Balaban J connectivity index is 2.47. The SMILES string of the molecule is C[C@H](C#N)CN(C)C(=O)C=C1CCCCC1. The second-order valence-corrected chi connectivity index (χ2v) is 4.61. The molecule has 0 aromatic heterocycles. The monoisotopic (exact) mass is 220 g/mol. The van der Waals surface area contributed by atoms with Gasteiger partial charge < -0.3 is 4.90 Å². The molecule has 0 N–H and O–H groups in total. The first-order valence-corrected chi connectivity index (χ1v) is 5.97. The van der Waals surface area contributed by atoms with Crippen LogP contribution in [-0.2, 0) is 4.79 Å². The quantitative estimate of drug-likeness (QED) is 0.686. The van der Waals surface area contributed by atoms with Gasteiger partial charge in [0.2, 0.25) is 5.91 Å². The average molecular weight is 220 g/mol. The third kappa shape index (κ3) is 4.06. The topological polar surface area (TPSA) is 44.1 Å². The highest BCUT2D eigenvalue weighted by Crippen LogP contribution is 2.22. The third-order valence-corrected chi connectivity index (χ3v) is 2.97. The molecular weight excluding hydrogens is 200 g/mol. The molecule has 0 heterocycles. The number of nitriles is 1. The van der Waals surface area contributed by atoms with Gasteiger partial charge in [-0.3, -0.25) is 4.79 Å². The van der Waals surface area contributed by atoms with E-state index < -0.39 is 0 Å². The highest BCUT2D eigenvalue weighted by atomic mass is 16.2. The molecule has 1 atom stereocenters. The zero-order valence-electron chi connectivity index (χ0n) is 10.2. The molecule has 0 saturated heterocycles. The minimum Gasteiger partial charge on any atom is -0.341 e. The molecule has 1 fully saturated rings. The molecule has 1 aliphatic rings. The Morgan fingerprint density at radius 3 is 2.69 bits per heavy atom. The Bertz CT molecular complexity index is 306. The molecule has 0 spiro atoms. The Hall–Kier alpha value is -1.30. The lowest BCUT2D eigenvalue weighted by atomic mass is 9.94. The predicted octanol–water partition coefficient (Wildman–Crippen LogP) is 2.49. The number of hydrogen-bond acceptors (Lipinski definition) is 2. The number of carbonyl (C=O) groups excluding carboxylic acids is 1. The molecule has 0 radical (unpaired) electrons. The summed E-state index contributed by atoms with van der Waals surface area (Å²) in [4.78, 5) is 13.4. The van der Waals surface area contributed by atoms with Crippen LogP contribution in [0.15, 0.2) is 11.6 Å². The summed E-state index contributed by atoms with van der Waals surface area (Å²) in [6.45, 7) is 2.34. The fraction of sp³-hybridized carbons (Fsp3) is 0.692. The van der Waals surface area contributed by atoms with Crippen LogP contribution in [0.5, 0.6) is 0 Å². The number of nitrogens with zero attached hydrogens (tertiary/aromatic N) is 2. The summed E-state index contributed by atoms with van der Waals surface area (Å²) >= 11 is 0. The molecule has 1 rings (SSSR count). The molecule has 1 amide bonds. The van der Waals surface area contributed by atoms with Crippen LogP contribution in [0.25, 0.3) is 0 Å². The molecule has 1 aliphatic carbocycles. The largest absolute Gasteiger partial charge is 0.341 e. The van der Waals surface area contributed by atoms with Gasteiger partial charge in [0.15, 0.2) is 0 Å². The number of allylic oxidation sites excluding steroid dienone is 1. The van der Waals surface area contributed by atoms with Crippen LogP contribution in [-0.4, -0.2) is 24.4 Å². The molecule has 0 bridgehead atoms. The van der Waals surface area contributed by atoms with E-state index >= 15 is 0 Å². The van der Waals surface area contributed by atoms with E-state index in [-0.39, 0.29) is 11.8 Å². The van der Waals surface area contributed by atoms with Gasteiger partial charge in [0.25, 0.3) is 0 Å². The number of amides is 1. The smallest absolute Gasteiger partial charge is 0.246 e. The lowest BCUT2D eigenvalue weighted by molar-refractivity contribution is -0.125. The molecule has 0 aromatic rings. The van der Waals surface area contributed by atoms with Crippen molar-refractivity contribution in [3.8, 4) is 6.07 Å². The number of carbonyl (C=O) groups is 1. The molecule has 3 heteroatoms. The highest BCUT2D eigenvalue weighted by molar-refractivity contribution is 5.88. The van der Waals surface area contributed by atoms with Crippen LogP contribution in [0.2, 0.25) is 0 Å². The molecule has 3 nitrogen and oxygen atoms in total. The van der Waals surface area contributed by atoms with Gasteiger partial charge in [0, 0.05) is 19.7 Å². The van der Waals surface area contributed by atoms with Gasteiger partial charge in [-0.2, -0.15) is 5.26 Å². The summed E-state index contributed by atoms with van der Waals surface area (Å²) in [7, 11) is 1.76. The second kappa shape index (κ2) is 6.32. The zero-order valence-corrected chi connectivity index (χ0v) is 10.2. The number of rotatable bonds is 3. The summed E-state index contributed by atoms with van der Waals surface area (Å²) in [5.41, 5.74) is 1.27.